The SMILES string of the molecule is Cc1cc(C)c2c(=O)c3c(oc2c1)C(=O)N(Cc1ccc(F)cc1)C3c1cccc(OCc2ccccc2)c1. The summed E-state index contributed by atoms with van der Waals surface area (Å²) in [7, 11) is 0. The van der Waals surface area contributed by atoms with Crippen molar-refractivity contribution < 1.29 is 18.3 Å². The summed E-state index contributed by atoms with van der Waals surface area (Å²) in [5.74, 6) is -0.0761. The van der Waals surface area contributed by atoms with Crippen LogP contribution in [-0.2, 0) is 13.2 Å². The van der Waals surface area contributed by atoms with Crippen molar-refractivity contribution in [3.05, 3.63) is 146 Å². The van der Waals surface area contributed by atoms with E-state index in [1.807, 2.05) is 74.5 Å². The van der Waals surface area contributed by atoms with Gasteiger partial charge in [-0.05, 0) is 72.0 Å². The van der Waals surface area contributed by atoms with Crippen LogP contribution in [0.5, 0.6) is 5.75 Å². The highest BCUT2D eigenvalue weighted by Crippen LogP contribution is 2.40. The van der Waals surface area contributed by atoms with Gasteiger partial charge in [0.2, 0.25) is 5.76 Å². The fourth-order valence-corrected chi connectivity index (χ4v) is 5.33. The van der Waals surface area contributed by atoms with Crippen molar-refractivity contribution in [3.8, 4) is 5.75 Å². The Balaban J connectivity index is 1.47. The molecule has 6 heteroatoms. The second-order valence-electron chi connectivity index (χ2n) is 9.94. The first kappa shape index (κ1) is 24.6. The molecule has 5 aromatic rings. The zero-order valence-electron chi connectivity index (χ0n) is 21.6. The minimum atomic E-state index is -0.695. The van der Waals surface area contributed by atoms with Crippen LogP contribution in [0.25, 0.3) is 11.0 Å². The van der Waals surface area contributed by atoms with Crippen LogP contribution in [0.2, 0.25) is 0 Å². The Morgan fingerprint density at radius 1 is 0.872 bits per heavy atom. The number of rotatable bonds is 6. The molecule has 0 radical (unpaired) electrons. The van der Waals surface area contributed by atoms with E-state index in [4.69, 9.17) is 9.15 Å². The highest BCUT2D eigenvalue weighted by molar-refractivity contribution is 5.99. The van der Waals surface area contributed by atoms with E-state index in [0.29, 0.717) is 28.9 Å². The number of nitrogens with zero attached hydrogens (tertiary/aromatic N) is 1. The molecule has 1 aliphatic heterocycles. The summed E-state index contributed by atoms with van der Waals surface area (Å²) in [5.41, 5.74) is 4.71. The normalized spacial score (nSPS) is 14.6. The van der Waals surface area contributed by atoms with Crippen LogP contribution in [0.15, 0.2) is 100 Å². The van der Waals surface area contributed by atoms with Crippen LogP contribution in [0.4, 0.5) is 4.39 Å². The van der Waals surface area contributed by atoms with E-state index in [9.17, 15) is 14.0 Å². The molecular weight excluding hydrogens is 493 g/mol. The number of benzene rings is 4. The standard InChI is InChI=1S/C33H26FNO4/c1-20-15-21(2)28-27(16-20)39-32-29(31(28)36)30(35(33(32)37)18-22-11-13-25(34)14-12-22)24-9-6-10-26(17-24)38-19-23-7-4-3-5-8-23/h3-17,30H,18-19H2,1-2H3. The van der Waals surface area contributed by atoms with Crippen molar-refractivity contribution in [2.24, 2.45) is 0 Å². The first-order chi connectivity index (χ1) is 18.9. The summed E-state index contributed by atoms with van der Waals surface area (Å²) >= 11 is 0. The zero-order valence-corrected chi connectivity index (χ0v) is 21.6. The lowest BCUT2D eigenvalue weighted by molar-refractivity contribution is 0.0714. The van der Waals surface area contributed by atoms with Crippen molar-refractivity contribution in [2.45, 2.75) is 33.0 Å². The van der Waals surface area contributed by atoms with Crippen LogP contribution in [0.1, 0.15) is 50.0 Å². The largest absolute Gasteiger partial charge is 0.489 e. The van der Waals surface area contributed by atoms with E-state index >= 15 is 0 Å². The molecule has 1 aliphatic rings. The Labute approximate surface area is 225 Å². The molecule has 194 valence electrons. The summed E-state index contributed by atoms with van der Waals surface area (Å²) in [5, 5.41) is 0.470. The number of carbonyl (C=O) groups excluding carboxylic acids is 1. The molecule has 1 aromatic heterocycles. The summed E-state index contributed by atoms with van der Waals surface area (Å²) < 4.78 is 25.8. The predicted octanol–water partition coefficient (Wildman–Crippen LogP) is 6.87. The molecule has 0 spiro atoms. The Morgan fingerprint density at radius 2 is 1.64 bits per heavy atom. The van der Waals surface area contributed by atoms with E-state index in [-0.39, 0.29) is 29.5 Å². The van der Waals surface area contributed by atoms with Gasteiger partial charge in [-0.15, -0.1) is 0 Å². The second kappa shape index (κ2) is 9.87. The number of ether oxygens (including phenoxy) is 1. The average Bonchev–Trinajstić information content (AvgIpc) is 3.20. The molecule has 2 heterocycles. The van der Waals surface area contributed by atoms with Gasteiger partial charge < -0.3 is 14.1 Å². The fourth-order valence-electron chi connectivity index (χ4n) is 5.33. The number of carbonyl (C=O) groups is 1. The lowest BCUT2D eigenvalue weighted by Gasteiger charge is -2.25. The van der Waals surface area contributed by atoms with Gasteiger partial charge in [0, 0.05) is 6.54 Å². The summed E-state index contributed by atoms with van der Waals surface area (Å²) in [6.07, 6.45) is 0. The predicted molar refractivity (Wildman–Crippen MR) is 147 cm³/mol. The van der Waals surface area contributed by atoms with Crippen molar-refractivity contribution >= 4 is 16.9 Å². The van der Waals surface area contributed by atoms with E-state index in [0.717, 1.165) is 27.8 Å². The van der Waals surface area contributed by atoms with Crippen molar-refractivity contribution in [1.29, 1.82) is 0 Å². The van der Waals surface area contributed by atoms with Gasteiger partial charge in [-0.3, -0.25) is 9.59 Å². The van der Waals surface area contributed by atoms with E-state index in [2.05, 4.69) is 0 Å². The molecule has 1 atom stereocenters. The molecule has 39 heavy (non-hydrogen) atoms. The highest BCUT2D eigenvalue weighted by Gasteiger charge is 2.43. The third-order valence-electron chi connectivity index (χ3n) is 7.10. The molecule has 4 aromatic carbocycles. The van der Waals surface area contributed by atoms with E-state index in [1.54, 1.807) is 23.1 Å². The van der Waals surface area contributed by atoms with Gasteiger partial charge in [0.1, 0.15) is 23.8 Å². The quantitative estimate of drug-likeness (QED) is 0.246. The van der Waals surface area contributed by atoms with Crippen LogP contribution in [0, 0.1) is 19.7 Å². The van der Waals surface area contributed by atoms with Gasteiger partial charge in [-0.25, -0.2) is 4.39 Å². The molecular formula is C33H26FNO4. The van der Waals surface area contributed by atoms with Gasteiger partial charge in [-0.2, -0.15) is 0 Å². The summed E-state index contributed by atoms with van der Waals surface area (Å²) in [6, 6.07) is 26.3. The summed E-state index contributed by atoms with van der Waals surface area (Å²) in [6.45, 7) is 4.36. The molecule has 1 unspecified atom stereocenters. The first-order valence-electron chi connectivity index (χ1n) is 12.8. The Kier molecular flexibility index (Phi) is 6.23. The molecule has 6 rings (SSSR count). The van der Waals surface area contributed by atoms with E-state index < -0.39 is 6.04 Å². The molecule has 0 aliphatic carbocycles. The van der Waals surface area contributed by atoms with Crippen molar-refractivity contribution in [1.82, 2.24) is 4.90 Å². The van der Waals surface area contributed by atoms with Gasteiger partial charge in [0.15, 0.2) is 5.43 Å². The van der Waals surface area contributed by atoms with Gasteiger partial charge in [-0.1, -0.05) is 60.7 Å². The summed E-state index contributed by atoms with van der Waals surface area (Å²) in [4.78, 5) is 29.4. The van der Waals surface area contributed by atoms with Crippen LogP contribution in [0.3, 0.4) is 0 Å². The minimum Gasteiger partial charge on any atom is -0.489 e. The van der Waals surface area contributed by atoms with E-state index in [1.165, 1.54) is 12.1 Å². The third-order valence-corrected chi connectivity index (χ3v) is 7.10. The zero-order chi connectivity index (χ0) is 27.1. The van der Waals surface area contributed by atoms with Crippen LogP contribution < -0.4 is 10.2 Å². The number of amides is 1. The molecule has 0 N–H and O–H groups in total. The first-order valence-corrected chi connectivity index (χ1v) is 12.8. The molecule has 0 bridgehead atoms. The molecule has 1 amide bonds. The lowest BCUT2D eigenvalue weighted by atomic mass is 9.96. The highest BCUT2D eigenvalue weighted by atomic mass is 19.1. The van der Waals surface area contributed by atoms with Crippen LogP contribution in [-0.4, -0.2) is 10.8 Å². The maximum absolute atomic E-state index is 14.0. The maximum atomic E-state index is 14.0. The molecule has 5 nitrogen and oxygen atoms in total. The smallest absolute Gasteiger partial charge is 0.291 e. The minimum absolute atomic E-state index is 0.0419. The fraction of sp³-hybridized carbons (Fsp3) is 0.152. The third kappa shape index (κ3) is 4.59. The number of hydrogen-bond donors (Lipinski definition) is 0. The lowest BCUT2D eigenvalue weighted by Crippen LogP contribution is -2.29. The monoisotopic (exact) mass is 519 g/mol. The topological polar surface area (TPSA) is 59.8 Å². The molecule has 0 saturated carbocycles. The number of hydrogen-bond acceptors (Lipinski definition) is 4. The Morgan fingerprint density at radius 3 is 2.41 bits per heavy atom. The number of fused-ring (bicyclic) bond motifs is 2. The number of aryl methyl sites for hydroxylation is 2. The van der Waals surface area contributed by atoms with Crippen molar-refractivity contribution in [3.63, 3.8) is 0 Å². The van der Waals surface area contributed by atoms with Crippen molar-refractivity contribution in [2.75, 3.05) is 0 Å². The van der Waals surface area contributed by atoms with Gasteiger partial charge >= 0.3 is 0 Å². The Hall–Kier alpha value is -4.71. The van der Waals surface area contributed by atoms with Crippen LogP contribution >= 0.6 is 0 Å². The number of halogens is 1. The van der Waals surface area contributed by atoms with Gasteiger partial charge in [0.25, 0.3) is 5.91 Å². The molecule has 0 fully saturated rings. The Bertz CT molecular complexity index is 1760. The maximum Gasteiger partial charge on any atom is 0.291 e. The second-order valence-corrected chi connectivity index (χ2v) is 9.94. The van der Waals surface area contributed by atoms with Gasteiger partial charge in [0.05, 0.1) is 17.0 Å². The average molecular weight is 520 g/mol. The molecule has 0 saturated heterocycles.